The first-order valence-corrected chi connectivity index (χ1v) is 11.9. The van der Waals surface area contributed by atoms with E-state index in [1.165, 1.54) is 21.4 Å². The number of benzene rings is 3. The molecule has 0 saturated carbocycles. The second kappa shape index (κ2) is 10.2. The van der Waals surface area contributed by atoms with Gasteiger partial charge in [-0.05, 0) is 65.1 Å². The lowest BCUT2D eigenvalue weighted by Crippen LogP contribution is -1.92. The fraction of sp³-hybridized carbons (Fsp3) is 0.111. The van der Waals surface area contributed by atoms with Crippen molar-refractivity contribution in [2.75, 3.05) is 0 Å². The van der Waals surface area contributed by atoms with Crippen LogP contribution >= 0.6 is 11.8 Å². The average molecular weight is 450 g/mol. The topological polar surface area (TPSA) is 67.3 Å². The molecule has 0 atom stereocenters. The molecule has 5 nitrogen and oxygen atoms in total. The van der Waals surface area contributed by atoms with E-state index in [-0.39, 0.29) is 0 Å². The van der Waals surface area contributed by atoms with Crippen LogP contribution in [0.3, 0.4) is 0 Å². The molecule has 0 aliphatic heterocycles. The van der Waals surface area contributed by atoms with Crippen LogP contribution in [0.2, 0.25) is 0 Å². The quantitative estimate of drug-likeness (QED) is 0.295. The number of pyridine rings is 1. The van der Waals surface area contributed by atoms with Gasteiger partial charge in [0.1, 0.15) is 0 Å². The Morgan fingerprint density at radius 3 is 2.55 bits per heavy atom. The monoisotopic (exact) mass is 449 g/mol. The Kier molecular flexibility index (Phi) is 6.54. The average Bonchev–Trinajstić information content (AvgIpc) is 3.40. The zero-order valence-corrected chi connectivity index (χ0v) is 18.9. The second-order valence-corrected chi connectivity index (χ2v) is 8.83. The maximum absolute atomic E-state index is 4.77. The zero-order chi connectivity index (χ0) is 22.3. The Labute approximate surface area is 197 Å². The largest absolute Gasteiger partial charge is 0.252 e. The summed E-state index contributed by atoms with van der Waals surface area (Å²) < 4.78 is 0. The van der Waals surface area contributed by atoms with Crippen molar-refractivity contribution in [3.05, 3.63) is 113 Å². The Morgan fingerprint density at radius 2 is 1.67 bits per heavy atom. The van der Waals surface area contributed by atoms with E-state index in [4.69, 9.17) is 4.98 Å². The van der Waals surface area contributed by atoms with E-state index in [0.717, 1.165) is 35.4 Å². The summed E-state index contributed by atoms with van der Waals surface area (Å²) >= 11 is 1.82. The Balaban J connectivity index is 1.15. The molecule has 5 rings (SSSR count). The van der Waals surface area contributed by atoms with Crippen molar-refractivity contribution in [1.82, 2.24) is 25.6 Å². The highest BCUT2D eigenvalue weighted by atomic mass is 32.2. The molecular weight excluding hydrogens is 426 g/mol. The lowest BCUT2D eigenvalue weighted by molar-refractivity contribution is 0.881. The first-order valence-electron chi connectivity index (χ1n) is 10.9. The number of para-hydroxylation sites is 1. The fourth-order valence-corrected chi connectivity index (χ4v) is 4.45. The summed E-state index contributed by atoms with van der Waals surface area (Å²) in [5.41, 5.74) is 5.95. The first kappa shape index (κ1) is 21.1. The molecule has 2 aromatic heterocycles. The highest BCUT2D eigenvalue weighted by Crippen LogP contribution is 2.24. The molecule has 2 heterocycles. The van der Waals surface area contributed by atoms with E-state index in [1.54, 1.807) is 0 Å². The molecule has 0 radical (unpaired) electrons. The number of rotatable bonds is 8. The normalized spacial score (nSPS) is 11.4. The minimum absolute atomic E-state index is 0.578. The van der Waals surface area contributed by atoms with Gasteiger partial charge in [0.2, 0.25) is 0 Å². The van der Waals surface area contributed by atoms with Crippen LogP contribution in [0.25, 0.3) is 23.1 Å². The number of H-pyrrole nitrogens is 1. The number of nitrogens with zero attached hydrogens (tertiary/aromatic N) is 4. The molecule has 3 aromatic carbocycles. The van der Waals surface area contributed by atoms with Crippen molar-refractivity contribution in [1.29, 1.82) is 0 Å². The summed E-state index contributed by atoms with van der Waals surface area (Å²) in [6.45, 7) is 0. The number of thioether (sulfide) groups is 1. The Hall–Kier alpha value is -3.77. The minimum atomic E-state index is 0.578. The molecular formula is C27H23N5S. The summed E-state index contributed by atoms with van der Waals surface area (Å²) in [6.07, 6.45) is 5.86. The van der Waals surface area contributed by atoms with Crippen LogP contribution in [-0.2, 0) is 18.6 Å². The van der Waals surface area contributed by atoms with Gasteiger partial charge in [-0.1, -0.05) is 66.7 Å². The minimum Gasteiger partial charge on any atom is -0.252 e. The summed E-state index contributed by atoms with van der Waals surface area (Å²) in [5.74, 6) is 1.45. The predicted molar refractivity (Wildman–Crippen MR) is 135 cm³/mol. The summed E-state index contributed by atoms with van der Waals surface area (Å²) in [4.78, 5) is 6.03. The number of nitrogens with one attached hydrogen (secondary N) is 1. The van der Waals surface area contributed by atoms with Crippen molar-refractivity contribution >= 4 is 34.8 Å². The fourth-order valence-electron chi connectivity index (χ4n) is 3.65. The van der Waals surface area contributed by atoms with Crippen molar-refractivity contribution in [3.63, 3.8) is 0 Å². The summed E-state index contributed by atoms with van der Waals surface area (Å²) in [7, 11) is 0. The standard InChI is InChI=1S/C27H23N5S/c1-2-7-26-23(6-1)13-14-24(28-26)19-33-25-15-10-20(11-16-25)8-9-21-4-3-5-22(18-21)12-17-27-29-31-32-30-27/h1-7,10-18H,8-9,19H2,(H,29,30,31,32)/b17-12+. The lowest BCUT2D eigenvalue weighted by Gasteiger charge is -2.06. The highest BCUT2D eigenvalue weighted by Gasteiger charge is 2.02. The molecule has 33 heavy (non-hydrogen) atoms. The van der Waals surface area contributed by atoms with Crippen molar-refractivity contribution in [2.45, 2.75) is 23.5 Å². The van der Waals surface area contributed by atoms with Crippen LogP contribution in [0.5, 0.6) is 0 Å². The SMILES string of the molecule is C(=C\c1nn[nH]n1)/c1cccc(CCc2ccc(SCc3ccc4ccccc4n3)cc2)c1. The molecule has 0 bridgehead atoms. The van der Waals surface area contributed by atoms with Crippen LogP contribution < -0.4 is 0 Å². The Bertz CT molecular complexity index is 1360. The molecule has 0 amide bonds. The number of aromatic amines is 1. The van der Waals surface area contributed by atoms with Crippen LogP contribution in [0.15, 0.2) is 89.8 Å². The van der Waals surface area contributed by atoms with Crippen LogP contribution in [0, 0.1) is 0 Å². The highest BCUT2D eigenvalue weighted by molar-refractivity contribution is 7.98. The van der Waals surface area contributed by atoms with Crippen LogP contribution in [0.1, 0.15) is 28.2 Å². The van der Waals surface area contributed by atoms with E-state index >= 15 is 0 Å². The first-order chi connectivity index (χ1) is 16.3. The summed E-state index contributed by atoms with van der Waals surface area (Å²) in [5, 5.41) is 15.1. The number of hydrogen-bond donors (Lipinski definition) is 1. The molecule has 1 N–H and O–H groups in total. The van der Waals surface area contributed by atoms with E-state index in [9.17, 15) is 0 Å². The van der Waals surface area contributed by atoms with Gasteiger partial charge in [0.15, 0.2) is 5.82 Å². The maximum atomic E-state index is 4.77. The molecule has 0 fully saturated rings. The van der Waals surface area contributed by atoms with E-state index in [0.29, 0.717) is 5.82 Å². The van der Waals surface area contributed by atoms with Gasteiger partial charge in [0, 0.05) is 16.0 Å². The molecule has 0 spiro atoms. The van der Waals surface area contributed by atoms with Gasteiger partial charge in [-0.3, -0.25) is 4.98 Å². The van der Waals surface area contributed by atoms with Gasteiger partial charge < -0.3 is 0 Å². The number of aromatic nitrogens is 5. The van der Waals surface area contributed by atoms with Gasteiger partial charge in [-0.15, -0.1) is 22.0 Å². The molecule has 6 heteroatoms. The van der Waals surface area contributed by atoms with Crippen molar-refractivity contribution in [2.24, 2.45) is 0 Å². The van der Waals surface area contributed by atoms with Crippen LogP contribution in [-0.4, -0.2) is 25.6 Å². The van der Waals surface area contributed by atoms with Crippen molar-refractivity contribution < 1.29 is 0 Å². The maximum Gasteiger partial charge on any atom is 0.197 e. The van der Waals surface area contributed by atoms with Gasteiger partial charge in [0.25, 0.3) is 0 Å². The third-order valence-electron chi connectivity index (χ3n) is 5.41. The number of tetrazole rings is 1. The summed E-state index contributed by atoms with van der Waals surface area (Å²) in [6, 6.07) is 30.0. The smallest absolute Gasteiger partial charge is 0.197 e. The van der Waals surface area contributed by atoms with Crippen molar-refractivity contribution in [3.8, 4) is 0 Å². The third-order valence-corrected chi connectivity index (χ3v) is 6.45. The molecule has 0 aliphatic rings. The van der Waals surface area contributed by atoms with E-state index in [2.05, 4.69) is 93.4 Å². The second-order valence-electron chi connectivity index (χ2n) is 7.78. The zero-order valence-electron chi connectivity index (χ0n) is 18.1. The Morgan fingerprint density at radius 1 is 0.788 bits per heavy atom. The molecule has 5 aromatic rings. The number of aryl methyl sites for hydroxylation is 2. The van der Waals surface area contributed by atoms with Gasteiger partial charge in [-0.25, -0.2) is 0 Å². The predicted octanol–water partition coefficient (Wildman–Crippen LogP) is 6.00. The van der Waals surface area contributed by atoms with Gasteiger partial charge in [0.05, 0.1) is 11.2 Å². The third kappa shape index (κ3) is 5.73. The lowest BCUT2D eigenvalue weighted by atomic mass is 10.0. The molecule has 0 unspecified atom stereocenters. The number of hydrogen-bond acceptors (Lipinski definition) is 5. The van der Waals surface area contributed by atoms with Gasteiger partial charge >= 0.3 is 0 Å². The molecule has 0 saturated heterocycles. The van der Waals surface area contributed by atoms with Crippen LogP contribution in [0.4, 0.5) is 0 Å². The number of fused-ring (bicyclic) bond motifs is 1. The molecule has 162 valence electrons. The van der Waals surface area contributed by atoms with E-state index in [1.807, 2.05) is 36.0 Å². The molecule has 0 aliphatic carbocycles. The van der Waals surface area contributed by atoms with E-state index < -0.39 is 0 Å². The van der Waals surface area contributed by atoms with Gasteiger partial charge in [-0.2, -0.15) is 5.21 Å².